The van der Waals surface area contributed by atoms with Gasteiger partial charge >= 0.3 is 5.97 Å². The summed E-state index contributed by atoms with van der Waals surface area (Å²) < 4.78 is 5.66. The Morgan fingerprint density at radius 3 is 2.38 bits per heavy atom. The first-order valence-corrected chi connectivity index (χ1v) is 7.65. The van der Waals surface area contributed by atoms with Crippen molar-refractivity contribution in [2.45, 2.75) is 50.3 Å². The zero-order valence-corrected chi connectivity index (χ0v) is 13.7. The van der Waals surface area contributed by atoms with Gasteiger partial charge in [-0.05, 0) is 50.4 Å². The Bertz CT molecular complexity index is 478. The molecule has 0 spiro atoms. The zero-order valence-electron chi connectivity index (χ0n) is 12.1. The molecule has 1 aromatic rings. The van der Waals surface area contributed by atoms with E-state index in [0.29, 0.717) is 23.5 Å². The highest BCUT2D eigenvalue weighted by Crippen LogP contribution is 2.35. The summed E-state index contributed by atoms with van der Waals surface area (Å²) >= 11 is 5.84. The van der Waals surface area contributed by atoms with Crippen LogP contribution in [0.4, 0.5) is 0 Å². The average molecular weight is 330 g/mol. The molecule has 0 radical (unpaired) electrons. The maximum Gasteiger partial charge on any atom is 0.310 e. The predicted molar refractivity (Wildman–Crippen MR) is 86.1 cm³/mol. The van der Waals surface area contributed by atoms with Gasteiger partial charge in [0.05, 0.1) is 6.42 Å². The van der Waals surface area contributed by atoms with Crippen LogP contribution in [-0.4, -0.2) is 36.1 Å². The minimum absolute atomic E-state index is 0. The number of piperidine rings is 1. The highest BCUT2D eigenvalue weighted by molar-refractivity contribution is 6.30. The number of hydrogen-bond donors (Lipinski definition) is 0. The molecule has 0 aliphatic carbocycles. The largest absolute Gasteiger partial charge is 0.462 e. The smallest absolute Gasteiger partial charge is 0.310 e. The van der Waals surface area contributed by atoms with Gasteiger partial charge in [-0.15, -0.1) is 12.4 Å². The molecule has 2 heterocycles. The van der Waals surface area contributed by atoms with Crippen molar-refractivity contribution < 1.29 is 9.53 Å². The second kappa shape index (κ2) is 6.99. The lowest BCUT2D eigenvalue weighted by Crippen LogP contribution is -2.43. The molecule has 1 aromatic carbocycles. The number of halogens is 2. The molecule has 5 heteroatoms. The van der Waals surface area contributed by atoms with Crippen LogP contribution in [-0.2, 0) is 16.0 Å². The van der Waals surface area contributed by atoms with Crippen LogP contribution >= 0.6 is 24.0 Å². The van der Waals surface area contributed by atoms with Crippen molar-refractivity contribution in [3.8, 4) is 0 Å². The zero-order chi connectivity index (χ0) is 14.1. The Hall–Kier alpha value is -0.770. The summed E-state index contributed by atoms with van der Waals surface area (Å²) in [5, 5.41) is 0.689. The second-order valence-electron chi connectivity index (χ2n) is 5.94. The van der Waals surface area contributed by atoms with Gasteiger partial charge < -0.3 is 9.64 Å². The first-order valence-electron chi connectivity index (χ1n) is 7.27. The van der Waals surface area contributed by atoms with Crippen LogP contribution in [0.25, 0.3) is 0 Å². The summed E-state index contributed by atoms with van der Waals surface area (Å²) in [4.78, 5) is 14.5. The van der Waals surface area contributed by atoms with Crippen molar-refractivity contribution in [1.29, 1.82) is 0 Å². The molecule has 2 unspecified atom stereocenters. The molecule has 0 amide bonds. The van der Waals surface area contributed by atoms with E-state index in [-0.39, 0.29) is 24.5 Å². The summed E-state index contributed by atoms with van der Waals surface area (Å²) in [6.07, 6.45) is 4.89. The lowest BCUT2D eigenvalue weighted by Gasteiger charge is -2.35. The van der Waals surface area contributed by atoms with Crippen molar-refractivity contribution in [2.75, 3.05) is 7.05 Å². The molecule has 2 aliphatic heterocycles. The van der Waals surface area contributed by atoms with Crippen LogP contribution in [0.1, 0.15) is 31.2 Å². The van der Waals surface area contributed by atoms with E-state index in [9.17, 15) is 4.79 Å². The van der Waals surface area contributed by atoms with Gasteiger partial charge in [-0.2, -0.15) is 0 Å². The van der Waals surface area contributed by atoms with Crippen LogP contribution in [0.15, 0.2) is 24.3 Å². The number of nitrogens with zero attached hydrogens (tertiary/aromatic N) is 1. The third-order valence-corrected chi connectivity index (χ3v) is 4.87. The number of esters is 1. The number of carbonyl (C=O) groups is 1. The Kier molecular flexibility index (Phi) is 5.53. The lowest BCUT2D eigenvalue weighted by atomic mass is 10.0. The van der Waals surface area contributed by atoms with Gasteiger partial charge in [0.2, 0.25) is 0 Å². The molecule has 2 bridgehead atoms. The van der Waals surface area contributed by atoms with Crippen molar-refractivity contribution in [3.63, 3.8) is 0 Å². The van der Waals surface area contributed by atoms with Crippen LogP contribution in [0.2, 0.25) is 5.02 Å². The summed E-state index contributed by atoms with van der Waals surface area (Å²) in [5.41, 5.74) is 0.954. The number of ether oxygens (including phenoxy) is 1. The maximum absolute atomic E-state index is 12.0. The third kappa shape index (κ3) is 3.91. The summed E-state index contributed by atoms with van der Waals surface area (Å²) in [7, 11) is 2.19. The summed E-state index contributed by atoms with van der Waals surface area (Å²) in [5.74, 6) is -0.124. The van der Waals surface area contributed by atoms with Crippen LogP contribution in [0, 0.1) is 0 Å². The van der Waals surface area contributed by atoms with E-state index in [4.69, 9.17) is 16.3 Å². The Morgan fingerprint density at radius 1 is 1.24 bits per heavy atom. The summed E-state index contributed by atoms with van der Waals surface area (Å²) in [6, 6.07) is 8.56. The fourth-order valence-corrected chi connectivity index (χ4v) is 3.58. The maximum atomic E-state index is 12.0. The third-order valence-electron chi connectivity index (χ3n) is 4.61. The van der Waals surface area contributed by atoms with Gasteiger partial charge in [0, 0.05) is 17.1 Å². The van der Waals surface area contributed by atoms with E-state index in [1.165, 1.54) is 12.8 Å². The van der Waals surface area contributed by atoms with E-state index in [1.807, 2.05) is 12.1 Å². The number of fused-ring (bicyclic) bond motifs is 2. The molecule has 0 N–H and O–H groups in total. The topological polar surface area (TPSA) is 29.5 Å². The minimum atomic E-state index is -0.124. The van der Waals surface area contributed by atoms with Gasteiger partial charge in [-0.25, -0.2) is 0 Å². The van der Waals surface area contributed by atoms with Crippen LogP contribution in [0.5, 0.6) is 0 Å². The van der Waals surface area contributed by atoms with E-state index in [2.05, 4.69) is 11.9 Å². The molecule has 2 atom stereocenters. The monoisotopic (exact) mass is 329 g/mol. The van der Waals surface area contributed by atoms with Crippen LogP contribution in [0.3, 0.4) is 0 Å². The Labute approximate surface area is 137 Å². The second-order valence-corrected chi connectivity index (χ2v) is 6.37. The lowest BCUT2D eigenvalue weighted by molar-refractivity contribution is -0.151. The number of benzene rings is 1. The number of rotatable bonds is 3. The molecular formula is C16H21Cl2NO2. The van der Waals surface area contributed by atoms with Crippen molar-refractivity contribution >= 4 is 30.0 Å². The first kappa shape index (κ1) is 16.6. The molecular weight excluding hydrogens is 309 g/mol. The average Bonchev–Trinajstić information content (AvgIpc) is 2.64. The molecule has 21 heavy (non-hydrogen) atoms. The Morgan fingerprint density at radius 2 is 1.81 bits per heavy atom. The molecule has 0 saturated carbocycles. The fourth-order valence-electron chi connectivity index (χ4n) is 3.45. The van der Waals surface area contributed by atoms with Crippen molar-refractivity contribution in [1.82, 2.24) is 4.90 Å². The fraction of sp³-hybridized carbons (Fsp3) is 0.562. The van der Waals surface area contributed by atoms with E-state index < -0.39 is 0 Å². The Balaban J connectivity index is 0.00000161. The van der Waals surface area contributed by atoms with E-state index in [1.54, 1.807) is 12.1 Å². The molecule has 3 rings (SSSR count). The van der Waals surface area contributed by atoms with Gasteiger partial charge in [0.1, 0.15) is 6.10 Å². The summed E-state index contributed by atoms with van der Waals surface area (Å²) in [6.45, 7) is 0. The van der Waals surface area contributed by atoms with Crippen molar-refractivity contribution in [3.05, 3.63) is 34.9 Å². The molecule has 2 saturated heterocycles. The van der Waals surface area contributed by atoms with Gasteiger partial charge in [-0.1, -0.05) is 23.7 Å². The molecule has 3 nitrogen and oxygen atoms in total. The molecule has 2 aliphatic rings. The molecule has 116 valence electrons. The highest BCUT2D eigenvalue weighted by atomic mass is 35.5. The van der Waals surface area contributed by atoms with Gasteiger partial charge in [-0.3, -0.25) is 4.79 Å². The minimum Gasteiger partial charge on any atom is -0.462 e. The number of carbonyl (C=O) groups excluding carboxylic acids is 1. The number of hydrogen-bond acceptors (Lipinski definition) is 3. The molecule has 0 aromatic heterocycles. The van der Waals surface area contributed by atoms with Crippen molar-refractivity contribution in [2.24, 2.45) is 0 Å². The normalized spacial score (nSPS) is 28.0. The van der Waals surface area contributed by atoms with E-state index >= 15 is 0 Å². The van der Waals surface area contributed by atoms with Crippen LogP contribution < -0.4 is 0 Å². The van der Waals surface area contributed by atoms with Gasteiger partial charge in [0.25, 0.3) is 0 Å². The predicted octanol–water partition coefficient (Wildman–Crippen LogP) is 3.47. The first-order chi connectivity index (χ1) is 9.61. The van der Waals surface area contributed by atoms with Gasteiger partial charge in [0.15, 0.2) is 0 Å². The SMILES string of the molecule is CN1C2CCC1CC(OC(=O)Cc1ccc(Cl)cc1)C2.Cl. The molecule has 2 fully saturated rings. The highest BCUT2D eigenvalue weighted by Gasteiger charge is 2.39. The standard InChI is InChI=1S/C16H20ClNO2.ClH/c1-18-13-6-7-14(18)10-15(9-13)20-16(19)8-11-2-4-12(17)5-3-11;/h2-5,13-15H,6-10H2,1H3;1H. The quantitative estimate of drug-likeness (QED) is 0.795. The van der Waals surface area contributed by atoms with E-state index in [0.717, 1.165) is 18.4 Å².